The lowest BCUT2D eigenvalue weighted by Gasteiger charge is -2.24. The third kappa shape index (κ3) is 2.82. The quantitative estimate of drug-likeness (QED) is 0.763. The fourth-order valence-corrected chi connectivity index (χ4v) is 1.43. The summed E-state index contributed by atoms with van der Waals surface area (Å²) in [6.45, 7) is 4.33. The van der Waals surface area contributed by atoms with E-state index in [2.05, 4.69) is 19.1 Å². The average Bonchev–Trinajstić information content (AvgIpc) is 2.21. The molecule has 1 aromatic carbocycles. The van der Waals surface area contributed by atoms with E-state index in [9.17, 15) is 5.11 Å². The van der Waals surface area contributed by atoms with E-state index in [4.69, 9.17) is 5.73 Å². The zero-order valence-electron chi connectivity index (χ0n) is 8.96. The molecule has 78 valence electrons. The van der Waals surface area contributed by atoms with Crippen molar-refractivity contribution in [1.29, 1.82) is 0 Å². The number of aliphatic hydroxyl groups is 1. The highest BCUT2D eigenvalue weighted by atomic mass is 16.3. The van der Waals surface area contributed by atoms with Gasteiger partial charge in [-0.1, -0.05) is 36.8 Å². The Balaban J connectivity index is 2.72. The Bertz CT molecular complexity index is 275. The zero-order chi connectivity index (χ0) is 10.6. The number of benzene rings is 1. The normalized spacial score (nSPS) is 15.1. The van der Waals surface area contributed by atoms with Crippen LogP contribution in [-0.2, 0) is 6.42 Å². The molecule has 3 N–H and O–H groups in total. The van der Waals surface area contributed by atoms with Crippen LogP contribution in [0.15, 0.2) is 24.3 Å². The Labute approximate surface area is 85.8 Å². The van der Waals surface area contributed by atoms with Crippen LogP contribution >= 0.6 is 0 Å². The van der Waals surface area contributed by atoms with Gasteiger partial charge < -0.3 is 10.8 Å². The smallest absolute Gasteiger partial charge is 0.0806 e. The maximum atomic E-state index is 10.0. The molecule has 0 aliphatic carbocycles. The first-order valence-electron chi connectivity index (χ1n) is 5.07. The molecule has 1 rings (SSSR count). The zero-order valence-corrected chi connectivity index (χ0v) is 8.96. The van der Waals surface area contributed by atoms with E-state index in [1.54, 1.807) is 0 Å². The second-order valence-corrected chi connectivity index (χ2v) is 3.94. The summed E-state index contributed by atoms with van der Waals surface area (Å²) in [4.78, 5) is 0. The summed E-state index contributed by atoms with van der Waals surface area (Å²) in [6, 6.07) is 8.21. The van der Waals surface area contributed by atoms with Crippen molar-refractivity contribution in [1.82, 2.24) is 0 Å². The highest BCUT2D eigenvalue weighted by Gasteiger charge is 2.22. The largest absolute Gasteiger partial charge is 0.388 e. The summed E-state index contributed by atoms with van der Waals surface area (Å²) in [5, 5.41) is 10.0. The minimum atomic E-state index is -0.741. The molecule has 14 heavy (non-hydrogen) atoms. The molecule has 2 nitrogen and oxygen atoms in total. The van der Waals surface area contributed by atoms with Crippen molar-refractivity contribution < 1.29 is 5.11 Å². The van der Waals surface area contributed by atoms with E-state index in [1.807, 2.05) is 19.1 Å². The minimum absolute atomic E-state index is 0.317. The van der Waals surface area contributed by atoms with Gasteiger partial charge in [0.15, 0.2) is 0 Å². The van der Waals surface area contributed by atoms with Gasteiger partial charge in [0, 0.05) is 13.0 Å². The molecule has 0 spiro atoms. The van der Waals surface area contributed by atoms with Crippen LogP contribution in [0, 0.1) is 6.92 Å². The van der Waals surface area contributed by atoms with Gasteiger partial charge in [0.25, 0.3) is 0 Å². The standard InChI is InChI=1S/C12H19NO/c1-3-12(14,9-13)8-11-6-4-10(2)5-7-11/h4-7,14H,3,8-9,13H2,1-2H3. The summed E-state index contributed by atoms with van der Waals surface area (Å²) in [5.74, 6) is 0. The number of rotatable bonds is 4. The molecule has 0 saturated carbocycles. The predicted octanol–water partition coefficient (Wildman–Crippen LogP) is 1.64. The van der Waals surface area contributed by atoms with Crippen LogP contribution in [0.4, 0.5) is 0 Å². The van der Waals surface area contributed by atoms with Crippen LogP contribution in [0.2, 0.25) is 0 Å². The highest BCUT2D eigenvalue weighted by Crippen LogP contribution is 2.16. The Morgan fingerprint density at radius 3 is 2.29 bits per heavy atom. The molecule has 0 saturated heterocycles. The van der Waals surface area contributed by atoms with Gasteiger partial charge in [0.1, 0.15) is 0 Å². The Kier molecular flexibility index (Phi) is 3.67. The van der Waals surface area contributed by atoms with Crippen molar-refractivity contribution in [3.63, 3.8) is 0 Å². The molecule has 1 unspecified atom stereocenters. The van der Waals surface area contributed by atoms with Gasteiger partial charge in [-0.25, -0.2) is 0 Å². The lowest BCUT2D eigenvalue weighted by Crippen LogP contribution is -2.39. The summed E-state index contributed by atoms with van der Waals surface area (Å²) >= 11 is 0. The van der Waals surface area contributed by atoms with Crippen molar-refractivity contribution in [2.45, 2.75) is 32.3 Å². The second kappa shape index (κ2) is 4.58. The molecule has 0 bridgehead atoms. The van der Waals surface area contributed by atoms with Crippen LogP contribution in [0.5, 0.6) is 0 Å². The highest BCUT2D eigenvalue weighted by molar-refractivity contribution is 5.22. The topological polar surface area (TPSA) is 46.2 Å². The van der Waals surface area contributed by atoms with Gasteiger partial charge in [0.05, 0.1) is 5.60 Å². The molecule has 0 radical (unpaired) electrons. The summed E-state index contributed by atoms with van der Waals surface area (Å²) in [6.07, 6.45) is 1.33. The third-order valence-electron chi connectivity index (χ3n) is 2.69. The SMILES string of the molecule is CCC(O)(CN)Cc1ccc(C)cc1. The second-order valence-electron chi connectivity index (χ2n) is 3.94. The number of aryl methyl sites for hydroxylation is 1. The fraction of sp³-hybridized carbons (Fsp3) is 0.500. The first-order valence-corrected chi connectivity index (χ1v) is 5.07. The monoisotopic (exact) mass is 193 g/mol. The van der Waals surface area contributed by atoms with Crippen LogP contribution in [0.25, 0.3) is 0 Å². The Morgan fingerprint density at radius 1 is 1.29 bits per heavy atom. The lowest BCUT2D eigenvalue weighted by atomic mass is 9.92. The van der Waals surface area contributed by atoms with E-state index in [0.717, 1.165) is 5.56 Å². The van der Waals surface area contributed by atoms with E-state index in [1.165, 1.54) is 5.56 Å². The molecular formula is C12H19NO. The summed E-state index contributed by atoms with van der Waals surface area (Å²) in [5.41, 5.74) is 7.19. The van der Waals surface area contributed by atoms with Crippen LogP contribution in [0.3, 0.4) is 0 Å². The Hall–Kier alpha value is -0.860. The molecule has 2 heteroatoms. The van der Waals surface area contributed by atoms with Gasteiger partial charge in [-0.15, -0.1) is 0 Å². The number of nitrogens with two attached hydrogens (primary N) is 1. The van der Waals surface area contributed by atoms with Gasteiger partial charge >= 0.3 is 0 Å². The number of hydrogen-bond acceptors (Lipinski definition) is 2. The fourth-order valence-electron chi connectivity index (χ4n) is 1.43. The molecule has 0 aliphatic heterocycles. The van der Waals surface area contributed by atoms with Crippen molar-refractivity contribution >= 4 is 0 Å². The Morgan fingerprint density at radius 2 is 1.86 bits per heavy atom. The van der Waals surface area contributed by atoms with Crippen molar-refractivity contribution in [2.24, 2.45) is 5.73 Å². The van der Waals surface area contributed by atoms with Crippen molar-refractivity contribution in [3.05, 3.63) is 35.4 Å². The first-order chi connectivity index (χ1) is 6.59. The number of hydrogen-bond donors (Lipinski definition) is 2. The molecule has 0 amide bonds. The van der Waals surface area contributed by atoms with Crippen molar-refractivity contribution in [2.75, 3.05) is 6.54 Å². The molecule has 1 atom stereocenters. The van der Waals surface area contributed by atoms with Crippen molar-refractivity contribution in [3.8, 4) is 0 Å². The summed E-state index contributed by atoms with van der Waals surface area (Å²) < 4.78 is 0. The predicted molar refractivity (Wildman–Crippen MR) is 59.2 cm³/mol. The molecule has 0 fully saturated rings. The third-order valence-corrected chi connectivity index (χ3v) is 2.69. The van der Waals surface area contributed by atoms with E-state index in [0.29, 0.717) is 19.4 Å². The van der Waals surface area contributed by atoms with E-state index in [-0.39, 0.29) is 0 Å². The van der Waals surface area contributed by atoms with Gasteiger partial charge in [-0.2, -0.15) is 0 Å². The molecular weight excluding hydrogens is 174 g/mol. The first kappa shape index (κ1) is 11.2. The van der Waals surface area contributed by atoms with Crippen LogP contribution in [0.1, 0.15) is 24.5 Å². The average molecular weight is 193 g/mol. The van der Waals surface area contributed by atoms with Crippen LogP contribution in [-0.4, -0.2) is 17.3 Å². The van der Waals surface area contributed by atoms with Gasteiger partial charge in [-0.05, 0) is 18.9 Å². The molecule has 0 aliphatic rings. The summed E-state index contributed by atoms with van der Waals surface area (Å²) in [7, 11) is 0. The molecule has 1 aromatic rings. The lowest BCUT2D eigenvalue weighted by molar-refractivity contribution is 0.0456. The van der Waals surface area contributed by atoms with Gasteiger partial charge in [-0.3, -0.25) is 0 Å². The van der Waals surface area contributed by atoms with E-state index >= 15 is 0 Å². The van der Waals surface area contributed by atoms with Crippen LogP contribution < -0.4 is 5.73 Å². The molecule has 0 aromatic heterocycles. The van der Waals surface area contributed by atoms with E-state index < -0.39 is 5.60 Å². The maximum absolute atomic E-state index is 10.0. The minimum Gasteiger partial charge on any atom is -0.388 e. The maximum Gasteiger partial charge on any atom is 0.0806 e. The van der Waals surface area contributed by atoms with Gasteiger partial charge in [0.2, 0.25) is 0 Å². The molecule has 0 heterocycles.